The van der Waals surface area contributed by atoms with Crippen molar-refractivity contribution in [1.82, 2.24) is 9.88 Å². The van der Waals surface area contributed by atoms with Gasteiger partial charge in [-0.1, -0.05) is 35.9 Å². The Morgan fingerprint density at radius 1 is 1.45 bits per heavy atom. The molecule has 0 N–H and O–H groups in total. The third-order valence-corrected chi connectivity index (χ3v) is 3.97. The van der Waals surface area contributed by atoms with Crippen molar-refractivity contribution in [3.05, 3.63) is 41.2 Å². The second-order valence-corrected chi connectivity index (χ2v) is 5.31. The predicted molar refractivity (Wildman–Crippen MR) is 78.1 cm³/mol. The fraction of sp³-hybridized carbons (Fsp3) is 0.333. The number of likely N-dealkylation sites (N-methyl/N-ethyl adjacent to an activating group) is 1. The Bertz CT molecular complexity index is 653. The number of ether oxygens (including phenoxy) is 1. The zero-order chi connectivity index (χ0) is 14.1. The number of halogens is 1. The topological polar surface area (TPSA) is 42.4 Å². The summed E-state index contributed by atoms with van der Waals surface area (Å²) in [5.74, 6) is -0.117. The highest BCUT2D eigenvalue weighted by atomic mass is 35.5. The van der Waals surface area contributed by atoms with Gasteiger partial charge in [-0.05, 0) is 17.9 Å². The van der Waals surface area contributed by atoms with Crippen molar-refractivity contribution in [1.29, 1.82) is 0 Å². The predicted octanol–water partition coefficient (Wildman–Crippen LogP) is 2.75. The lowest BCUT2D eigenvalue weighted by atomic mass is 10.1. The van der Waals surface area contributed by atoms with Gasteiger partial charge < -0.3 is 9.64 Å². The van der Waals surface area contributed by atoms with Gasteiger partial charge in [0.05, 0.1) is 12.6 Å². The zero-order valence-electron chi connectivity index (χ0n) is 11.2. The fourth-order valence-electron chi connectivity index (χ4n) is 2.44. The molecule has 1 aliphatic rings. The Hall–Kier alpha value is -1.65. The van der Waals surface area contributed by atoms with Crippen molar-refractivity contribution in [3.8, 4) is 0 Å². The Labute approximate surface area is 122 Å². The van der Waals surface area contributed by atoms with Gasteiger partial charge in [0.1, 0.15) is 10.8 Å². The molecular formula is C15H15ClN2O2. The van der Waals surface area contributed by atoms with E-state index in [-0.39, 0.29) is 11.9 Å². The minimum Gasteiger partial charge on any atom is -0.379 e. The van der Waals surface area contributed by atoms with Gasteiger partial charge in [0, 0.05) is 19.0 Å². The molecular weight excluding hydrogens is 276 g/mol. The van der Waals surface area contributed by atoms with E-state index in [1.165, 1.54) is 0 Å². The van der Waals surface area contributed by atoms with E-state index in [9.17, 15) is 4.79 Å². The van der Waals surface area contributed by atoms with Crippen molar-refractivity contribution < 1.29 is 9.53 Å². The third kappa shape index (κ3) is 2.37. The summed E-state index contributed by atoms with van der Waals surface area (Å²) in [6.45, 7) is 1.29. The van der Waals surface area contributed by atoms with E-state index in [0.29, 0.717) is 24.1 Å². The number of aromatic nitrogens is 1. The molecule has 1 aliphatic heterocycles. The molecule has 1 aromatic carbocycles. The highest BCUT2D eigenvalue weighted by molar-refractivity contribution is 6.34. The van der Waals surface area contributed by atoms with E-state index in [4.69, 9.17) is 16.3 Å². The molecule has 1 unspecified atom stereocenters. The summed E-state index contributed by atoms with van der Waals surface area (Å²) in [5.41, 5.74) is 0.378. The first-order chi connectivity index (χ1) is 9.66. The van der Waals surface area contributed by atoms with E-state index in [1.54, 1.807) is 18.0 Å². The van der Waals surface area contributed by atoms with Crippen LogP contribution < -0.4 is 0 Å². The van der Waals surface area contributed by atoms with Crippen LogP contribution in [0.3, 0.4) is 0 Å². The summed E-state index contributed by atoms with van der Waals surface area (Å²) in [4.78, 5) is 18.4. The number of carbonyl (C=O) groups excluding carboxylic acids is 1. The first-order valence-electron chi connectivity index (χ1n) is 6.57. The number of amides is 1. The quantitative estimate of drug-likeness (QED) is 0.799. The standard InChI is InChI=1S/C15H15ClN2O2/c1-18(11-6-7-20-9-11)15(19)13-8-10-4-2-3-5-12(10)14(16)17-13/h2-5,8,11H,6-7,9H2,1H3. The summed E-state index contributed by atoms with van der Waals surface area (Å²) < 4.78 is 5.32. The van der Waals surface area contributed by atoms with Crippen LogP contribution in [-0.4, -0.2) is 42.1 Å². The van der Waals surface area contributed by atoms with E-state index in [1.807, 2.05) is 24.3 Å². The lowest BCUT2D eigenvalue weighted by Crippen LogP contribution is -2.37. The van der Waals surface area contributed by atoms with Crippen LogP contribution in [0.25, 0.3) is 10.8 Å². The lowest BCUT2D eigenvalue weighted by Gasteiger charge is -2.22. The van der Waals surface area contributed by atoms with E-state index in [2.05, 4.69) is 4.98 Å². The van der Waals surface area contributed by atoms with Gasteiger partial charge in [-0.2, -0.15) is 0 Å². The minimum absolute atomic E-state index is 0.117. The highest BCUT2D eigenvalue weighted by Crippen LogP contribution is 2.23. The molecule has 0 spiro atoms. The largest absolute Gasteiger partial charge is 0.379 e. The van der Waals surface area contributed by atoms with Gasteiger partial charge in [0.2, 0.25) is 0 Å². The van der Waals surface area contributed by atoms with E-state index in [0.717, 1.165) is 17.2 Å². The molecule has 4 nitrogen and oxygen atoms in total. The number of pyridine rings is 1. The molecule has 1 fully saturated rings. The average molecular weight is 291 g/mol. The molecule has 0 saturated carbocycles. The van der Waals surface area contributed by atoms with E-state index < -0.39 is 0 Å². The van der Waals surface area contributed by atoms with E-state index >= 15 is 0 Å². The number of rotatable bonds is 2. The smallest absolute Gasteiger partial charge is 0.272 e. The van der Waals surface area contributed by atoms with Gasteiger partial charge in [-0.3, -0.25) is 4.79 Å². The number of hydrogen-bond acceptors (Lipinski definition) is 3. The minimum atomic E-state index is -0.117. The summed E-state index contributed by atoms with van der Waals surface area (Å²) in [6, 6.07) is 9.55. The molecule has 0 radical (unpaired) electrons. The zero-order valence-corrected chi connectivity index (χ0v) is 11.9. The average Bonchev–Trinajstić information content (AvgIpc) is 3.00. The van der Waals surface area contributed by atoms with Gasteiger partial charge >= 0.3 is 0 Å². The first-order valence-corrected chi connectivity index (χ1v) is 6.95. The Kier molecular flexibility index (Phi) is 3.59. The van der Waals surface area contributed by atoms with Crippen molar-refractivity contribution in [2.75, 3.05) is 20.3 Å². The summed E-state index contributed by atoms with van der Waals surface area (Å²) in [7, 11) is 1.78. The molecule has 5 heteroatoms. The van der Waals surface area contributed by atoms with Crippen LogP contribution in [0.4, 0.5) is 0 Å². The van der Waals surface area contributed by atoms with Crippen molar-refractivity contribution in [2.24, 2.45) is 0 Å². The summed E-state index contributed by atoms with van der Waals surface area (Å²) >= 11 is 6.16. The number of carbonyl (C=O) groups is 1. The van der Waals surface area contributed by atoms with Crippen LogP contribution in [0, 0.1) is 0 Å². The summed E-state index contributed by atoms with van der Waals surface area (Å²) in [6.07, 6.45) is 0.865. The Morgan fingerprint density at radius 3 is 3.00 bits per heavy atom. The lowest BCUT2D eigenvalue weighted by molar-refractivity contribution is 0.0705. The maximum atomic E-state index is 12.5. The molecule has 1 aromatic heterocycles. The monoisotopic (exact) mass is 290 g/mol. The second-order valence-electron chi connectivity index (χ2n) is 4.95. The van der Waals surface area contributed by atoms with Crippen LogP contribution in [0.15, 0.2) is 30.3 Å². The first kappa shape index (κ1) is 13.3. The number of benzene rings is 1. The number of fused-ring (bicyclic) bond motifs is 1. The van der Waals surface area contributed by atoms with Crippen LogP contribution >= 0.6 is 11.6 Å². The van der Waals surface area contributed by atoms with Gasteiger partial charge in [-0.25, -0.2) is 4.98 Å². The fourth-order valence-corrected chi connectivity index (χ4v) is 2.70. The summed E-state index contributed by atoms with van der Waals surface area (Å²) in [5, 5.41) is 2.15. The molecule has 2 heterocycles. The number of hydrogen-bond donors (Lipinski definition) is 0. The maximum absolute atomic E-state index is 12.5. The van der Waals surface area contributed by atoms with Gasteiger partial charge in [0.15, 0.2) is 0 Å². The molecule has 104 valence electrons. The normalized spacial score (nSPS) is 18.4. The van der Waals surface area contributed by atoms with Gasteiger partial charge in [-0.15, -0.1) is 0 Å². The molecule has 1 amide bonds. The SMILES string of the molecule is CN(C(=O)c1cc2ccccc2c(Cl)n1)C1CCOC1. The van der Waals surface area contributed by atoms with Gasteiger partial charge in [0.25, 0.3) is 5.91 Å². The maximum Gasteiger partial charge on any atom is 0.272 e. The van der Waals surface area contributed by atoms with Crippen molar-refractivity contribution in [2.45, 2.75) is 12.5 Å². The van der Waals surface area contributed by atoms with Crippen LogP contribution in [0.1, 0.15) is 16.9 Å². The molecule has 3 rings (SSSR count). The molecule has 0 aliphatic carbocycles. The van der Waals surface area contributed by atoms with Crippen LogP contribution in [0.5, 0.6) is 0 Å². The number of nitrogens with zero attached hydrogens (tertiary/aromatic N) is 2. The van der Waals surface area contributed by atoms with Crippen molar-refractivity contribution >= 4 is 28.3 Å². The molecule has 20 heavy (non-hydrogen) atoms. The third-order valence-electron chi connectivity index (χ3n) is 3.69. The molecule has 1 saturated heterocycles. The van der Waals surface area contributed by atoms with Crippen molar-refractivity contribution in [3.63, 3.8) is 0 Å². The molecule has 2 aromatic rings. The van der Waals surface area contributed by atoms with Crippen LogP contribution in [0.2, 0.25) is 5.15 Å². The Morgan fingerprint density at radius 2 is 2.25 bits per heavy atom. The molecule has 0 bridgehead atoms. The second kappa shape index (κ2) is 5.38. The molecule has 1 atom stereocenters. The van der Waals surface area contributed by atoms with Crippen LogP contribution in [-0.2, 0) is 4.74 Å². The Balaban J connectivity index is 1.95. The highest BCUT2D eigenvalue weighted by Gasteiger charge is 2.26.